The third-order valence-electron chi connectivity index (χ3n) is 4.80. The van der Waals surface area contributed by atoms with Crippen molar-refractivity contribution >= 4 is 29.1 Å². The van der Waals surface area contributed by atoms with Crippen molar-refractivity contribution in [2.75, 3.05) is 30.4 Å². The van der Waals surface area contributed by atoms with E-state index in [1.54, 1.807) is 24.3 Å². The zero-order valence-corrected chi connectivity index (χ0v) is 16.5. The number of anilines is 2. The number of halogens is 3. The van der Waals surface area contributed by atoms with Gasteiger partial charge in [0, 0.05) is 24.3 Å². The van der Waals surface area contributed by atoms with Gasteiger partial charge in [-0.25, -0.2) is 0 Å². The van der Waals surface area contributed by atoms with Gasteiger partial charge in [-0.15, -0.1) is 0 Å². The van der Waals surface area contributed by atoms with E-state index in [0.717, 1.165) is 24.3 Å². The third-order valence-corrected chi connectivity index (χ3v) is 4.80. The lowest BCUT2D eigenvalue weighted by Gasteiger charge is -2.17. The summed E-state index contributed by atoms with van der Waals surface area (Å²) in [5.74, 6) is -1.23. The Morgan fingerprint density at radius 2 is 1.74 bits per heavy atom. The number of methoxy groups -OCH3 is 1. The van der Waals surface area contributed by atoms with Crippen LogP contribution in [0.25, 0.3) is 0 Å². The van der Waals surface area contributed by atoms with Gasteiger partial charge in [-0.2, -0.15) is 13.2 Å². The molecule has 1 saturated heterocycles. The highest BCUT2D eigenvalue weighted by Gasteiger charge is 2.35. The van der Waals surface area contributed by atoms with E-state index in [9.17, 15) is 27.6 Å². The number of nitrogens with zero attached hydrogens (tertiary/aromatic N) is 1. The molecule has 0 aliphatic carbocycles. The molecule has 3 amide bonds. The molecule has 0 aromatic heterocycles. The van der Waals surface area contributed by atoms with Crippen molar-refractivity contribution in [3.05, 3.63) is 54.1 Å². The molecule has 0 bridgehead atoms. The summed E-state index contributed by atoms with van der Waals surface area (Å²) in [4.78, 5) is 38.1. The van der Waals surface area contributed by atoms with Crippen molar-refractivity contribution in [2.24, 2.45) is 5.92 Å². The average Bonchev–Trinajstić information content (AvgIpc) is 3.13. The fourth-order valence-electron chi connectivity index (χ4n) is 3.15. The van der Waals surface area contributed by atoms with Crippen LogP contribution in [0.2, 0.25) is 0 Å². The monoisotopic (exact) mass is 435 g/mol. The maximum atomic E-state index is 12.6. The molecule has 7 nitrogen and oxygen atoms in total. The van der Waals surface area contributed by atoms with Crippen molar-refractivity contribution < 1.29 is 32.3 Å². The number of rotatable bonds is 6. The standard InChI is InChI=1S/C21H20F3N3O4/c1-31-17-8-6-16(7-9-17)27-12-13(10-19(27)29)20(30)25-11-18(28)26-15-4-2-14(3-5-15)21(22,23)24/h2-9,13H,10-12H2,1H3,(H,25,30)(H,26,28)/t13-/m0/s1. The summed E-state index contributed by atoms with van der Waals surface area (Å²) in [7, 11) is 1.53. The molecular formula is C21H20F3N3O4. The van der Waals surface area contributed by atoms with Gasteiger partial charge in [-0.05, 0) is 48.5 Å². The minimum absolute atomic E-state index is 0.0123. The van der Waals surface area contributed by atoms with Crippen molar-refractivity contribution in [2.45, 2.75) is 12.6 Å². The predicted molar refractivity (Wildman–Crippen MR) is 107 cm³/mol. The minimum atomic E-state index is -4.46. The second kappa shape index (κ2) is 9.07. The highest BCUT2D eigenvalue weighted by molar-refractivity contribution is 6.01. The van der Waals surface area contributed by atoms with Gasteiger partial charge < -0.3 is 20.3 Å². The third kappa shape index (κ3) is 5.53. The molecule has 1 aliphatic rings. The van der Waals surface area contributed by atoms with E-state index in [0.29, 0.717) is 11.4 Å². The van der Waals surface area contributed by atoms with E-state index in [4.69, 9.17) is 4.74 Å². The number of alkyl halides is 3. The van der Waals surface area contributed by atoms with Crippen LogP contribution in [0, 0.1) is 5.92 Å². The first-order chi connectivity index (χ1) is 14.7. The molecular weight excluding hydrogens is 415 g/mol. The summed E-state index contributed by atoms with van der Waals surface area (Å²) in [5.41, 5.74) is -0.0127. The number of benzene rings is 2. The Morgan fingerprint density at radius 1 is 1.10 bits per heavy atom. The summed E-state index contributed by atoms with van der Waals surface area (Å²) in [6.07, 6.45) is -4.45. The molecule has 1 aliphatic heterocycles. The molecule has 2 aromatic carbocycles. The fraction of sp³-hybridized carbons (Fsp3) is 0.286. The molecule has 1 atom stereocenters. The number of carbonyl (C=O) groups excluding carboxylic acids is 3. The van der Waals surface area contributed by atoms with Crippen LogP contribution in [0.1, 0.15) is 12.0 Å². The fourth-order valence-corrected chi connectivity index (χ4v) is 3.15. The van der Waals surface area contributed by atoms with E-state index in [-0.39, 0.29) is 31.1 Å². The summed E-state index contributed by atoms with van der Waals surface area (Å²) >= 11 is 0. The van der Waals surface area contributed by atoms with Crippen LogP contribution in [-0.2, 0) is 20.6 Å². The summed E-state index contributed by atoms with van der Waals surface area (Å²) < 4.78 is 42.8. The average molecular weight is 435 g/mol. The maximum absolute atomic E-state index is 12.6. The van der Waals surface area contributed by atoms with Gasteiger partial charge in [0.05, 0.1) is 25.1 Å². The van der Waals surface area contributed by atoms with Gasteiger partial charge in [-0.3, -0.25) is 14.4 Å². The van der Waals surface area contributed by atoms with Gasteiger partial charge in [0.25, 0.3) is 0 Å². The molecule has 164 valence electrons. The largest absolute Gasteiger partial charge is 0.497 e. The van der Waals surface area contributed by atoms with Gasteiger partial charge in [0.1, 0.15) is 5.75 Å². The van der Waals surface area contributed by atoms with Crippen LogP contribution in [0.5, 0.6) is 5.75 Å². The quantitative estimate of drug-likeness (QED) is 0.731. The molecule has 0 unspecified atom stereocenters. The molecule has 0 radical (unpaired) electrons. The maximum Gasteiger partial charge on any atom is 0.416 e. The van der Waals surface area contributed by atoms with Gasteiger partial charge in [-0.1, -0.05) is 0 Å². The van der Waals surface area contributed by atoms with Crippen LogP contribution >= 0.6 is 0 Å². The van der Waals surface area contributed by atoms with Gasteiger partial charge in [0.2, 0.25) is 17.7 Å². The summed E-state index contributed by atoms with van der Waals surface area (Å²) in [6.45, 7) is -0.190. The van der Waals surface area contributed by atoms with Gasteiger partial charge in [0.15, 0.2) is 0 Å². The van der Waals surface area contributed by atoms with Gasteiger partial charge >= 0.3 is 6.18 Å². The lowest BCUT2D eigenvalue weighted by atomic mass is 10.1. The highest BCUT2D eigenvalue weighted by Crippen LogP contribution is 2.30. The number of hydrogen-bond donors (Lipinski definition) is 2. The van der Waals surface area contributed by atoms with E-state index in [1.807, 2.05) is 0 Å². The van der Waals surface area contributed by atoms with E-state index >= 15 is 0 Å². The molecule has 0 spiro atoms. The van der Waals surface area contributed by atoms with Crippen molar-refractivity contribution in [1.29, 1.82) is 0 Å². The molecule has 3 rings (SSSR count). The lowest BCUT2D eigenvalue weighted by molar-refractivity contribution is -0.137. The second-order valence-corrected chi connectivity index (χ2v) is 6.94. The highest BCUT2D eigenvalue weighted by atomic mass is 19.4. The Kier molecular flexibility index (Phi) is 6.47. The van der Waals surface area contributed by atoms with Crippen LogP contribution < -0.4 is 20.3 Å². The smallest absolute Gasteiger partial charge is 0.416 e. The Hall–Kier alpha value is -3.56. The minimum Gasteiger partial charge on any atom is -0.497 e. The summed E-state index contributed by atoms with van der Waals surface area (Å²) in [5, 5.41) is 4.87. The Morgan fingerprint density at radius 3 is 2.32 bits per heavy atom. The number of carbonyl (C=O) groups is 3. The first kappa shape index (κ1) is 22.1. The molecule has 2 aromatic rings. The number of ether oxygens (including phenoxy) is 1. The zero-order chi connectivity index (χ0) is 22.6. The first-order valence-electron chi connectivity index (χ1n) is 9.36. The molecule has 1 fully saturated rings. The molecule has 10 heteroatoms. The number of amides is 3. The second-order valence-electron chi connectivity index (χ2n) is 6.94. The van der Waals surface area contributed by atoms with E-state index < -0.39 is 29.5 Å². The van der Waals surface area contributed by atoms with E-state index in [1.165, 1.54) is 12.0 Å². The van der Waals surface area contributed by atoms with Crippen molar-refractivity contribution in [3.63, 3.8) is 0 Å². The Balaban J connectivity index is 1.50. The Labute approximate surface area is 176 Å². The molecule has 31 heavy (non-hydrogen) atoms. The first-order valence-corrected chi connectivity index (χ1v) is 9.36. The van der Waals surface area contributed by atoms with Crippen molar-refractivity contribution in [3.8, 4) is 5.75 Å². The summed E-state index contributed by atoms with van der Waals surface area (Å²) in [6, 6.07) is 10.8. The topological polar surface area (TPSA) is 87.7 Å². The number of nitrogens with one attached hydrogen (secondary N) is 2. The SMILES string of the molecule is COc1ccc(N2C[C@@H](C(=O)NCC(=O)Nc3ccc(C(F)(F)F)cc3)CC2=O)cc1. The van der Waals surface area contributed by atoms with Crippen LogP contribution in [0.3, 0.4) is 0 Å². The van der Waals surface area contributed by atoms with Crippen LogP contribution in [0.15, 0.2) is 48.5 Å². The Bertz CT molecular complexity index is 959. The lowest BCUT2D eigenvalue weighted by Crippen LogP contribution is -2.37. The molecule has 0 saturated carbocycles. The molecule has 1 heterocycles. The van der Waals surface area contributed by atoms with Crippen LogP contribution in [-0.4, -0.2) is 37.9 Å². The molecule has 2 N–H and O–H groups in total. The van der Waals surface area contributed by atoms with Crippen molar-refractivity contribution in [1.82, 2.24) is 5.32 Å². The van der Waals surface area contributed by atoms with Crippen LogP contribution in [0.4, 0.5) is 24.5 Å². The normalized spacial score (nSPS) is 16.2. The number of hydrogen-bond acceptors (Lipinski definition) is 4. The zero-order valence-electron chi connectivity index (χ0n) is 16.5. The van der Waals surface area contributed by atoms with E-state index in [2.05, 4.69) is 10.6 Å². The predicted octanol–water partition coefficient (Wildman–Crippen LogP) is 2.82.